The van der Waals surface area contributed by atoms with Gasteiger partial charge >= 0.3 is 5.97 Å². The molecule has 0 fully saturated rings. The number of nitrogens with one attached hydrogen (secondary N) is 1. The van der Waals surface area contributed by atoms with Crippen molar-refractivity contribution in [1.82, 2.24) is 19.7 Å². The van der Waals surface area contributed by atoms with E-state index < -0.39 is 5.97 Å². The first kappa shape index (κ1) is 20.9. The lowest BCUT2D eigenvalue weighted by atomic mass is 10.1. The zero-order valence-corrected chi connectivity index (χ0v) is 17.8. The highest BCUT2D eigenvalue weighted by atomic mass is 32.2. The van der Waals surface area contributed by atoms with Crippen LogP contribution in [-0.4, -0.2) is 43.9 Å². The Kier molecular flexibility index (Phi) is 6.53. The van der Waals surface area contributed by atoms with Gasteiger partial charge in [0.25, 0.3) is 0 Å². The maximum Gasteiger partial charge on any atom is 0.340 e. The molecule has 0 bridgehead atoms. The Morgan fingerprint density at radius 3 is 2.59 bits per heavy atom. The number of hydrogen-bond acceptors (Lipinski definition) is 6. The van der Waals surface area contributed by atoms with E-state index in [4.69, 9.17) is 4.74 Å². The van der Waals surface area contributed by atoms with E-state index in [2.05, 4.69) is 15.2 Å². The molecule has 3 aromatic rings. The van der Waals surface area contributed by atoms with Crippen LogP contribution in [0.3, 0.4) is 0 Å². The fourth-order valence-electron chi connectivity index (χ4n) is 3.14. The molecule has 0 aliphatic heterocycles. The van der Waals surface area contributed by atoms with E-state index in [1.807, 2.05) is 41.9 Å². The zero-order chi connectivity index (χ0) is 21.0. The number of ether oxygens (including phenoxy) is 1. The Balaban J connectivity index is 1.69. The third kappa shape index (κ3) is 4.59. The average Bonchev–Trinajstić information content (AvgIpc) is 3.20. The summed E-state index contributed by atoms with van der Waals surface area (Å²) in [6.07, 6.45) is 0.677. The van der Waals surface area contributed by atoms with Crippen LogP contribution in [0.15, 0.2) is 35.5 Å². The van der Waals surface area contributed by atoms with Gasteiger partial charge < -0.3 is 14.3 Å². The number of thioether (sulfide) groups is 1. The highest BCUT2D eigenvalue weighted by molar-refractivity contribution is 7.99. The number of rotatable bonds is 8. The van der Waals surface area contributed by atoms with E-state index in [9.17, 15) is 9.59 Å². The van der Waals surface area contributed by atoms with E-state index in [0.717, 1.165) is 11.4 Å². The van der Waals surface area contributed by atoms with Crippen molar-refractivity contribution in [2.45, 2.75) is 32.3 Å². The fourth-order valence-corrected chi connectivity index (χ4v) is 3.95. The molecule has 0 aliphatic carbocycles. The standard InChI is InChI=1S/C21H24N4O3S/c1-5-28-20(27)18-13(2)19(22-14(18)3)16(26)12-29-21-24-23-17(25(21)4)11-15-9-7-6-8-10-15/h6-10,22H,5,11-12H2,1-4H3. The third-order valence-electron chi connectivity index (χ3n) is 4.66. The van der Waals surface area contributed by atoms with Gasteiger partial charge in [-0.25, -0.2) is 4.79 Å². The summed E-state index contributed by atoms with van der Waals surface area (Å²) in [7, 11) is 1.90. The van der Waals surface area contributed by atoms with Crippen molar-refractivity contribution in [3.05, 3.63) is 64.2 Å². The molecular weight excluding hydrogens is 388 g/mol. The summed E-state index contributed by atoms with van der Waals surface area (Å²) >= 11 is 1.33. The summed E-state index contributed by atoms with van der Waals surface area (Å²) in [4.78, 5) is 27.9. The summed E-state index contributed by atoms with van der Waals surface area (Å²) in [5.74, 6) is 0.520. The number of hydrogen-bond donors (Lipinski definition) is 1. The number of carbonyl (C=O) groups is 2. The van der Waals surface area contributed by atoms with Gasteiger partial charge in [-0.2, -0.15) is 0 Å². The van der Waals surface area contributed by atoms with Gasteiger partial charge in [0, 0.05) is 19.2 Å². The second-order valence-corrected chi connectivity index (χ2v) is 7.62. The predicted octanol–water partition coefficient (Wildman–Crippen LogP) is 3.50. The van der Waals surface area contributed by atoms with E-state index in [0.29, 0.717) is 40.7 Å². The highest BCUT2D eigenvalue weighted by Crippen LogP contribution is 2.23. The second kappa shape index (κ2) is 9.09. The number of benzene rings is 1. The van der Waals surface area contributed by atoms with Crippen molar-refractivity contribution in [3.8, 4) is 0 Å². The summed E-state index contributed by atoms with van der Waals surface area (Å²) in [5.41, 5.74) is 3.28. The van der Waals surface area contributed by atoms with Crippen LogP contribution in [-0.2, 0) is 18.2 Å². The minimum Gasteiger partial charge on any atom is -0.462 e. The molecule has 152 valence electrons. The van der Waals surface area contributed by atoms with Gasteiger partial charge in [-0.3, -0.25) is 4.79 Å². The molecule has 0 amide bonds. The Bertz CT molecular complexity index is 1020. The smallest absolute Gasteiger partial charge is 0.340 e. The van der Waals surface area contributed by atoms with Crippen molar-refractivity contribution in [3.63, 3.8) is 0 Å². The maximum absolute atomic E-state index is 12.7. The largest absolute Gasteiger partial charge is 0.462 e. The fraction of sp³-hybridized carbons (Fsp3) is 0.333. The van der Waals surface area contributed by atoms with Crippen molar-refractivity contribution in [2.24, 2.45) is 7.05 Å². The number of aromatic amines is 1. The van der Waals surface area contributed by atoms with Crippen LogP contribution >= 0.6 is 11.8 Å². The maximum atomic E-state index is 12.7. The van der Waals surface area contributed by atoms with Gasteiger partial charge in [-0.15, -0.1) is 10.2 Å². The lowest BCUT2D eigenvalue weighted by Crippen LogP contribution is -2.09. The molecule has 0 radical (unpaired) electrons. The molecule has 1 N–H and O–H groups in total. The average molecular weight is 413 g/mol. The minimum absolute atomic E-state index is 0.0984. The Hall–Kier alpha value is -2.87. The monoisotopic (exact) mass is 412 g/mol. The molecule has 29 heavy (non-hydrogen) atoms. The minimum atomic E-state index is -0.413. The molecule has 0 aliphatic rings. The summed E-state index contributed by atoms with van der Waals surface area (Å²) in [5, 5.41) is 9.14. The first-order chi connectivity index (χ1) is 13.9. The van der Waals surface area contributed by atoms with Crippen LogP contribution < -0.4 is 0 Å². The Morgan fingerprint density at radius 1 is 1.17 bits per heavy atom. The van der Waals surface area contributed by atoms with Crippen LogP contribution in [0.5, 0.6) is 0 Å². The number of carbonyl (C=O) groups excluding carboxylic acids is 2. The number of H-pyrrole nitrogens is 1. The van der Waals surface area contributed by atoms with Crippen LogP contribution in [0.4, 0.5) is 0 Å². The molecule has 8 heteroatoms. The summed E-state index contributed by atoms with van der Waals surface area (Å²) in [6, 6.07) is 10.0. The van der Waals surface area contributed by atoms with Crippen molar-refractivity contribution < 1.29 is 14.3 Å². The SMILES string of the molecule is CCOC(=O)c1c(C)[nH]c(C(=O)CSc2nnc(Cc3ccccc3)n2C)c1C. The zero-order valence-electron chi connectivity index (χ0n) is 17.0. The van der Waals surface area contributed by atoms with Gasteiger partial charge in [0.05, 0.1) is 23.6 Å². The van der Waals surface area contributed by atoms with Crippen LogP contribution in [0, 0.1) is 13.8 Å². The number of Topliss-reactive ketones (excluding diaryl/α,β-unsaturated/α-hetero) is 1. The van der Waals surface area contributed by atoms with Crippen molar-refractivity contribution in [2.75, 3.05) is 12.4 Å². The van der Waals surface area contributed by atoms with Gasteiger partial charge in [0.1, 0.15) is 5.82 Å². The molecule has 0 saturated heterocycles. The topological polar surface area (TPSA) is 89.9 Å². The molecule has 0 saturated carbocycles. The number of aromatic nitrogens is 4. The number of nitrogens with zero attached hydrogens (tertiary/aromatic N) is 3. The third-order valence-corrected chi connectivity index (χ3v) is 5.68. The van der Waals surface area contributed by atoms with Gasteiger partial charge in [0.15, 0.2) is 10.9 Å². The van der Waals surface area contributed by atoms with Gasteiger partial charge in [-0.1, -0.05) is 42.1 Å². The molecule has 1 aromatic carbocycles. The normalized spacial score (nSPS) is 10.9. The quantitative estimate of drug-likeness (QED) is 0.346. The molecule has 0 spiro atoms. The highest BCUT2D eigenvalue weighted by Gasteiger charge is 2.23. The first-order valence-electron chi connectivity index (χ1n) is 9.36. The van der Waals surface area contributed by atoms with Crippen molar-refractivity contribution >= 4 is 23.5 Å². The number of esters is 1. The van der Waals surface area contributed by atoms with Crippen molar-refractivity contribution in [1.29, 1.82) is 0 Å². The van der Waals surface area contributed by atoms with Gasteiger partial charge in [0.2, 0.25) is 0 Å². The van der Waals surface area contributed by atoms with E-state index >= 15 is 0 Å². The molecule has 3 rings (SSSR count). The van der Waals surface area contributed by atoms with Crippen LogP contribution in [0.1, 0.15) is 50.4 Å². The number of ketones is 1. The van der Waals surface area contributed by atoms with Gasteiger partial charge in [-0.05, 0) is 31.9 Å². The van der Waals surface area contributed by atoms with E-state index in [-0.39, 0.29) is 11.5 Å². The summed E-state index contributed by atoms with van der Waals surface area (Å²) < 4.78 is 6.99. The molecule has 2 aromatic heterocycles. The first-order valence-corrected chi connectivity index (χ1v) is 10.3. The van der Waals surface area contributed by atoms with E-state index in [1.165, 1.54) is 11.8 Å². The molecular formula is C21H24N4O3S. The molecule has 0 unspecified atom stereocenters. The van der Waals surface area contributed by atoms with E-state index in [1.54, 1.807) is 20.8 Å². The Morgan fingerprint density at radius 2 is 1.90 bits per heavy atom. The number of aryl methyl sites for hydroxylation is 1. The molecule has 7 nitrogen and oxygen atoms in total. The lowest BCUT2D eigenvalue weighted by Gasteiger charge is -2.04. The molecule has 2 heterocycles. The molecule has 0 atom stereocenters. The predicted molar refractivity (Wildman–Crippen MR) is 112 cm³/mol. The lowest BCUT2D eigenvalue weighted by molar-refractivity contribution is 0.0525. The second-order valence-electron chi connectivity index (χ2n) is 6.68. The van der Waals surface area contributed by atoms with Crippen LogP contribution in [0.2, 0.25) is 0 Å². The summed E-state index contributed by atoms with van der Waals surface area (Å²) in [6.45, 7) is 5.57. The van der Waals surface area contributed by atoms with Crippen LogP contribution in [0.25, 0.3) is 0 Å². The Labute approximate surface area is 173 Å².